The Kier molecular flexibility index (Phi) is 7.01. The van der Waals surface area contributed by atoms with Gasteiger partial charge < -0.3 is 15.0 Å². The topological polar surface area (TPSA) is 24.5 Å². The second-order valence-electron chi connectivity index (χ2n) is 4.85. The highest BCUT2D eigenvalue weighted by Gasteiger charge is 2.18. The van der Waals surface area contributed by atoms with E-state index in [9.17, 15) is 0 Å². The molecule has 0 aromatic heterocycles. The summed E-state index contributed by atoms with van der Waals surface area (Å²) >= 11 is 0. The minimum absolute atomic E-state index is 0.490. The van der Waals surface area contributed by atoms with Crippen LogP contribution in [0.5, 0.6) is 0 Å². The van der Waals surface area contributed by atoms with Crippen LogP contribution in [0.4, 0.5) is 0 Å². The molecule has 1 rings (SSSR count). The zero-order chi connectivity index (χ0) is 11.8. The first-order valence-electron chi connectivity index (χ1n) is 6.79. The van der Waals surface area contributed by atoms with Crippen molar-refractivity contribution >= 4 is 0 Å². The van der Waals surface area contributed by atoms with Gasteiger partial charge in [0.05, 0.1) is 6.61 Å². The Morgan fingerprint density at radius 1 is 1.31 bits per heavy atom. The third-order valence-electron chi connectivity index (χ3n) is 3.48. The Bertz CT molecular complexity index is 167. The third-order valence-corrected chi connectivity index (χ3v) is 3.48. The Balaban J connectivity index is 2.05. The van der Waals surface area contributed by atoms with Crippen molar-refractivity contribution in [3.8, 4) is 0 Å². The van der Waals surface area contributed by atoms with Gasteiger partial charge in [-0.25, -0.2) is 0 Å². The van der Waals surface area contributed by atoms with Crippen LogP contribution in [0.25, 0.3) is 0 Å². The monoisotopic (exact) mass is 228 g/mol. The molecule has 0 radical (unpaired) electrons. The van der Waals surface area contributed by atoms with Gasteiger partial charge in [-0.1, -0.05) is 6.92 Å². The fourth-order valence-electron chi connectivity index (χ4n) is 2.23. The van der Waals surface area contributed by atoms with Crippen molar-refractivity contribution in [2.45, 2.75) is 39.7 Å². The molecule has 0 aromatic carbocycles. The molecule has 1 saturated heterocycles. The molecule has 1 heterocycles. The van der Waals surface area contributed by atoms with E-state index in [1.807, 2.05) is 6.92 Å². The lowest BCUT2D eigenvalue weighted by Crippen LogP contribution is -2.40. The zero-order valence-corrected chi connectivity index (χ0v) is 11.2. The molecule has 96 valence electrons. The van der Waals surface area contributed by atoms with Crippen LogP contribution in [0.1, 0.15) is 33.6 Å². The van der Waals surface area contributed by atoms with Gasteiger partial charge in [0, 0.05) is 12.6 Å². The Morgan fingerprint density at radius 2 is 2.00 bits per heavy atom. The number of hydrogen-bond acceptors (Lipinski definition) is 3. The van der Waals surface area contributed by atoms with Crippen LogP contribution >= 0.6 is 0 Å². The molecule has 1 atom stereocenters. The van der Waals surface area contributed by atoms with E-state index in [0.717, 1.165) is 25.7 Å². The molecule has 0 amide bonds. The van der Waals surface area contributed by atoms with Crippen LogP contribution in [0.2, 0.25) is 0 Å². The molecule has 0 bridgehead atoms. The highest BCUT2D eigenvalue weighted by Crippen LogP contribution is 2.15. The number of nitrogens with one attached hydrogen (secondary N) is 1. The maximum absolute atomic E-state index is 5.40. The number of hydrogen-bond donors (Lipinski definition) is 1. The highest BCUT2D eigenvalue weighted by atomic mass is 16.5. The van der Waals surface area contributed by atoms with E-state index in [1.54, 1.807) is 0 Å². The van der Waals surface area contributed by atoms with Crippen molar-refractivity contribution in [2.24, 2.45) is 5.92 Å². The fraction of sp³-hybridized carbons (Fsp3) is 1.00. The number of ether oxygens (including phenoxy) is 1. The zero-order valence-electron chi connectivity index (χ0n) is 11.2. The molecule has 1 aliphatic rings. The Hall–Kier alpha value is -0.120. The van der Waals surface area contributed by atoms with Gasteiger partial charge in [0.25, 0.3) is 0 Å². The Labute approximate surface area is 101 Å². The molecule has 0 spiro atoms. The maximum Gasteiger partial charge on any atom is 0.0616 e. The normalized spacial score (nSPS) is 21.2. The van der Waals surface area contributed by atoms with Gasteiger partial charge in [0.15, 0.2) is 0 Å². The van der Waals surface area contributed by atoms with E-state index in [1.165, 1.54) is 32.5 Å². The van der Waals surface area contributed by atoms with Crippen molar-refractivity contribution in [1.82, 2.24) is 10.2 Å². The summed E-state index contributed by atoms with van der Waals surface area (Å²) in [5.74, 6) is 0.867. The third kappa shape index (κ3) is 5.28. The first kappa shape index (κ1) is 13.9. The van der Waals surface area contributed by atoms with Gasteiger partial charge in [-0.05, 0) is 58.8 Å². The summed E-state index contributed by atoms with van der Waals surface area (Å²) in [5, 5.41) is 3.58. The van der Waals surface area contributed by atoms with E-state index in [0.29, 0.717) is 6.04 Å². The summed E-state index contributed by atoms with van der Waals surface area (Å²) in [5.41, 5.74) is 0. The van der Waals surface area contributed by atoms with Crippen LogP contribution in [0.15, 0.2) is 0 Å². The number of piperidine rings is 1. The Morgan fingerprint density at radius 3 is 2.56 bits per heavy atom. The quantitative estimate of drug-likeness (QED) is 0.718. The molecule has 3 nitrogen and oxygen atoms in total. The van der Waals surface area contributed by atoms with Crippen molar-refractivity contribution in [3.63, 3.8) is 0 Å². The second-order valence-corrected chi connectivity index (χ2v) is 4.85. The molecular formula is C13H28N2O. The number of nitrogens with zero attached hydrogens (tertiary/aromatic N) is 1. The number of likely N-dealkylation sites (tertiary alicyclic amines) is 1. The predicted octanol–water partition coefficient (Wildman–Crippen LogP) is 1.73. The summed E-state index contributed by atoms with van der Waals surface area (Å²) in [7, 11) is 0. The molecule has 16 heavy (non-hydrogen) atoms. The van der Waals surface area contributed by atoms with Crippen LogP contribution < -0.4 is 5.32 Å². The molecule has 3 heteroatoms. The maximum atomic E-state index is 5.40. The molecule has 0 aliphatic carbocycles. The summed E-state index contributed by atoms with van der Waals surface area (Å²) in [6.07, 6.45) is 2.70. The van der Waals surface area contributed by atoms with Crippen molar-refractivity contribution in [2.75, 3.05) is 39.4 Å². The molecule has 1 aliphatic heterocycles. The van der Waals surface area contributed by atoms with Crippen molar-refractivity contribution in [1.29, 1.82) is 0 Å². The van der Waals surface area contributed by atoms with Crippen molar-refractivity contribution < 1.29 is 4.74 Å². The first-order chi connectivity index (χ1) is 7.76. The van der Waals surface area contributed by atoms with E-state index >= 15 is 0 Å². The van der Waals surface area contributed by atoms with E-state index in [-0.39, 0.29) is 0 Å². The lowest BCUT2D eigenvalue weighted by atomic mass is 9.96. The highest BCUT2D eigenvalue weighted by molar-refractivity contribution is 4.74. The smallest absolute Gasteiger partial charge is 0.0616 e. The number of rotatable bonds is 7. The van der Waals surface area contributed by atoms with Gasteiger partial charge in [0.1, 0.15) is 0 Å². The molecule has 1 fully saturated rings. The molecule has 0 saturated carbocycles. The second kappa shape index (κ2) is 8.04. The van der Waals surface area contributed by atoms with Crippen LogP contribution in [0.3, 0.4) is 0 Å². The first-order valence-corrected chi connectivity index (χ1v) is 6.79. The van der Waals surface area contributed by atoms with Crippen molar-refractivity contribution in [3.05, 3.63) is 0 Å². The summed E-state index contributed by atoms with van der Waals surface area (Å²) in [6, 6.07) is 0.490. The molecular weight excluding hydrogens is 200 g/mol. The largest absolute Gasteiger partial charge is 0.380 e. The van der Waals surface area contributed by atoms with E-state index in [4.69, 9.17) is 4.74 Å². The standard InChI is InChI=1S/C13H28N2O/c1-4-15-8-6-13(7-9-15)10-14-12(3)11-16-5-2/h12-14H,4-11H2,1-3H3. The lowest BCUT2D eigenvalue weighted by Gasteiger charge is -2.31. The van der Waals surface area contributed by atoms with E-state index < -0.39 is 0 Å². The van der Waals surface area contributed by atoms with Crippen LogP contribution in [-0.2, 0) is 4.74 Å². The van der Waals surface area contributed by atoms with Gasteiger partial charge in [0.2, 0.25) is 0 Å². The molecule has 0 aromatic rings. The van der Waals surface area contributed by atoms with Gasteiger partial charge in [-0.2, -0.15) is 0 Å². The lowest BCUT2D eigenvalue weighted by molar-refractivity contribution is 0.122. The molecule has 1 unspecified atom stereocenters. The van der Waals surface area contributed by atoms with E-state index in [2.05, 4.69) is 24.1 Å². The average Bonchev–Trinajstić information content (AvgIpc) is 2.34. The average molecular weight is 228 g/mol. The van der Waals surface area contributed by atoms with Gasteiger partial charge >= 0.3 is 0 Å². The summed E-state index contributed by atoms with van der Waals surface area (Å²) < 4.78 is 5.40. The van der Waals surface area contributed by atoms with Crippen LogP contribution in [-0.4, -0.2) is 50.3 Å². The van der Waals surface area contributed by atoms with Gasteiger partial charge in [-0.3, -0.25) is 0 Å². The predicted molar refractivity (Wildman–Crippen MR) is 68.8 cm³/mol. The van der Waals surface area contributed by atoms with Gasteiger partial charge in [-0.15, -0.1) is 0 Å². The minimum atomic E-state index is 0.490. The fourth-order valence-corrected chi connectivity index (χ4v) is 2.23. The SMILES string of the molecule is CCOCC(C)NCC1CCN(CC)CC1. The van der Waals surface area contributed by atoms with Crippen LogP contribution in [0, 0.1) is 5.92 Å². The summed E-state index contributed by atoms with van der Waals surface area (Å²) in [4.78, 5) is 2.54. The summed E-state index contributed by atoms with van der Waals surface area (Å²) in [6.45, 7) is 13.1. The minimum Gasteiger partial charge on any atom is -0.380 e. The molecule has 1 N–H and O–H groups in total.